The number of anilines is 1. The number of hydrogen-bond acceptors (Lipinski definition) is 3. The molecule has 0 heterocycles. The smallest absolute Gasteiger partial charge is 0.253 e. The van der Waals surface area contributed by atoms with Gasteiger partial charge in [-0.1, -0.05) is 44.2 Å². The number of nitrogens with zero attached hydrogens (tertiary/aromatic N) is 1. The molecule has 2 N–H and O–H groups in total. The third kappa shape index (κ3) is 5.66. The maximum Gasteiger partial charge on any atom is 0.253 e. The van der Waals surface area contributed by atoms with Crippen LogP contribution in [0.15, 0.2) is 48.5 Å². The van der Waals surface area contributed by atoms with Gasteiger partial charge in [0.15, 0.2) is 0 Å². The van der Waals surface area contributed by atoms with Crippen LogP contribution in [0.4, 0.5) is 10.1 Å². The van der Waals surface area contributed by atoms with E-state index in [1.54, 1.807) is 36.4 Å². The number of carbonyl (C=O) groups excluding carboxylic acids is 2. The van der Waals surface area contributed by atoms with Gasteiger partial charge in [0.05, 0.1) is 17.8 Å². The first-order valence-electron chi connectivity index (χ1n) is 10.5. The van der Waals surface area contributed by atoms with Crippen molar-refractivity contribution >= 4 is 17.5 Å². The lowest BCUT2D eigenvalue weighted by Gasteiger charge is -2.29. The van der Waals surface area contributed by atoms with Crippen LogP contribution in [0.5, 0.6) is 0 Å². The van der Waals surface area contributed by atoms with Gasteiger partial charge in [0.25, 0.3) is 5.91 Å². The van der Waals surface area contributed by atoms with Crippen LogP contribution in [-0.2, 0) is 4.79 Å². The number of nitrogens with one attached hydrogen (secondary N) is 2. The van der Waals surface area contributed by atoms with Gasteiger partial charge in [-0.15, -0.1) is 0 Å². The molecule has 2 aromatic rings. The zero-order valence-electron chi connectivity index (χ0n) is 17.8. The molecule has 0 aromatic heterocycles. The van der Waals surface area contributed by atoms with E-state index < -0.39 is 0 Å². The molecule has 0 bridgehead atoms. The Balaban J connectivity index is 1.70. The summed E-state index contributed by atoms with van der Waals surface area (Å²) in [6.45, 7) is 6.69. The van der Waals surface area contributed by atoms with Gasteiger partial charge in [0.1, 0.15) is 5.82 Å². The van der Waals surface area contributed by atoms with E-state index in [1.807, 2.05) is 31.7 Å². The number of benzene rings is 2. The number of hydrogen-bond donors (Lipinski definition) is 2. The molecule has 3 rings (SSSR count). The highest BCUT2D eigenvalue weighted by Crippen LogP contribution is 2.34. The summed E-state index contributed by atoms with van der Waals surface area (Å²) >= 11 is 0. The first-order valence-corrected chi connectivity index (χ1v) is 10.5. The Hall–Kier alpha value is -2.73. The molecule has 0 radical (unpaired) electrons. The minimum atomic E-state index is -0.261. The van der Waals surface area contributed by atoms with Crippen molar-refractivity contribution in [1.82, 2.24) is 10.2 Å². The van der Waals surface area contributed by atoms with Gasteiger partial charge in [-0.05, 0) is 43.9 Å². The molecule has 5 nitrogen and oxygen atoms in total. The first kappa shape index (κ1) is 22.0. The normalized spacial score (nSPS) is 14.6. The highest BCUT2D eigenvalue weighted by atomic mass is 19.1. The van der Waals surface area contributed by atoms with Crippen molar-refractivity contribution < 1.29 is 14.0 Å². The van der Waals surface area contributed by atoms with Crippen LogP contribution in [0.2, 0.25) is 0 Å². The summed E-state index contributed by atoms with van der Waals surface area (Å²) in [4.78, 5) is 27.4. The predicted octanol–water partition coefficient (Wildman–Crippen LogP) is 4.38. The van der Waals surface area contributed by atoms with Crippen molar-refractivity contribution in [3.8, 4) is 0 Å². The Morgan fingerprint density at radius 2 is 1.73 bits per heavy atom. The molecule has 2 amide bonds. The maximum absolute atomic E-state index is 14.3. The molecule has 1 aliphatic rings. The fourth-order valence-electron chi connectivity index (χ4n) is 3.52. The van der Waals surface area contributed by atoms with Crippen LogP contribution in [-0.4, -0.2) is 35.8 Å². The molecule has 1 saturated carbocycles. The molecule has 0 spiro atoms. The van der Waals surface area contributed by atoms with E-state index in [-0.39, 0.29) is 36.3 Å². The van der Waals surface area contributed by atoms with Crippen LogP contribution >= 0.6 is 0 Å². The first-order chi connectivity index (χ1) is 14.4. The van der Waals surface area contributed by atoms with E-state index in [1.165, 1.54) is 6.07 Å². The summed E-state index contributed by atoms with van der Waals surface area (Å²) in [7, 11) is 0. The van der Waals surface area contributed by atoms with Crippen molar-refractivity contribution in [2.24, 2.45) is 5.92 Å². The minimum Gasteiger partial charge on any atom is -0.352 e. The number of rotatable bonds is 9. The molecular weight excluding hydrogens is 381 g/mol. The van der Waals surface area contributed by atoms with E-state index >= 15 is 0 Å². The average molecular weight is 412 g/mol. The maximum atomic E-state index is 14.3. The SMILES string of the molecule is CC(C)CNC(=O)c1ccccc1NC(=O)CN(C1CC1)[C@@H](C)c1ccccc1F. The van der Waals surface area contributed by atoms with Crippen molar-refractivity contribution in [3.63, 3.8) is 0 Å². The average Bonchev–Trinajstić information content (AvgIpc) is 3.55. The Morgan fingerprint density at radius 1 is 1.07 bits per heavy atom. The summed E-state index contributed by atoms with van der Waals surface area (Å²) in [6, 6.07) is 13.7. The number of halogens is 1. The Labute approximate surface area is 177 Å². The molecule has 0 unspecified atom stereocenters. The molecule has 160 valence electrons. The van der Waals surface area contributed by atoms with E-state index in [2.05, 4.69) is 10.6 Å². The zero-order valence-corrected chi connectivity index (χ0v) is 17.8. The lowest BCUT2D eigenvalue weighted by Crippen LogP contribution is -2.37. The van der Waals surface area contributed by atoms with Crippen molar-refractivity contribution in [1.29, 1.82) is 0 Å². The fraction of sp³-hybridized carbons (Fsp3) is 0.417. The second kappa shape index (κ2) is 9.85. The lowest BCUT2D eigenvalue weighted by atomic mass is 10.1. The number of amides is 2. The molecule has 6 heteroatoms. The predicted molar refractivity (Wildman–Crippen MR) is 117 cm³/mol. The molecule has 1 atom stereocenters. The van der Waals surface area contributed by atoms with E-state index in [0.717, 1.165) is 12.8 Å². The third-order valence-corrected chi connectivity index (χ3v) is 5.31. The second-order valence-corrected chi connectivity index (χ2v) is 8.30. The quantitative estimate of drug-likeness (QED) is 0.644. The molecule has 1 aliphatic carbocycles. The van der Waals surface area contributed by atoms with E-state index in [4.69, 9.17) is 0 Å². The van der Waals surface area contributed by atoms with Crippen molar-refractivity contribution in [2.75, 3.05) is 18.4 Å². The van der Waals surface area contributed by atoms with Gasteiger partial charge >= 0.3 is 0 Å². The zero-order chi connectivity index (χ0) is 21.7. The summed E-state index contributed by atoms with van der Waals surface area (Å²) < 4.78 is 14.3. The summed E-state index contributed by atoms with van der Waals surface area (Å²) in [5.74, 6) is -0.349. The van der Waals surface area contributed by atoms with Crippen LogP contribution in [0, 0.1) is 11.7 Å². The van der Waals surface area contributed by atoms with Gasteiger partial charge in [-0.25, -0.2) is 4.39 Å². The largest absolute Gasteiger partial charge is 0.352 e. The molecule has 0 saturated heterocycles. The van der Waals surface area contributed by atoms with Crippen molar-refractivity contribution in [3.05, 3.63) is 65.5 Å². The Kier molecular flexibility index (Phi) is 7.21. The molecule has 0 aliphatic heterocycles. The van der Waals surface area contributed by atoms with Crippen LogP contribution in [0.3, 0.4) is 0 Å². The van der Waals surface area contributed by atoms with Gasteiger partial charge < -0.3 is 10.6 Å². The summed E-state index contributed by atoms with van der Waals surface area (Å²) in [5.41, 5.74) is 1.51. The second-order valence-electron chi connectivity index (χ2n) is 8.30. The third-order valence-electron chi connectivity index (χ3n) is 5.31. The minimum absolute atomic E-state index is 0.141. The Bertz CT molecular complexity index is 896. The lowest BCUT2D eigenvalue weighted by molar-refractivity contribution is -0.118. The van der Waals surface area contributed by atoms with E-state index in [0.29, 0.717) is 29.3 Å². The molecular formula is C24H30FN3O2. The van der Waals surface area contributed by atoms with Crippen molar-refractivity contribution in [2.45, 2.75) is 45.7 Å². The number of carbonyl (C=O) groups is 2. The standard InChI is InChI=1S/C24H30FN3O2/c1-16(2)14-26-24(30)20-9-5-7-11-22(20)27-23(29)15-28(18-12-13-18)17(3)19-8-4-6-10-21(19)25/h4-11,16-18H,12-15H2,1-3H3,(H,26,30)(H,27,29)/t17-/m0/s1. The fourth-order valence-corrected chi connectivity index (χ4v) is 3.52. The van der Waals surface area contributed by atoms with Gasteiger partial charge in [0, 0.05) is 24.2 Å². The highest BCUT2D eigenvalue weighted by Gasteiger charge is 2.34. The van der Waals surface area contributed by atoms with Gasteiger partial charge in [-0.3, -0.25) is 14.5 Å². The van der Waals surface area contributed by atoms with E-state index in [9.17, 15) is 14.0 Å². The Morgan fingerprint density at radius 3 is 2.40 bits per heavy atom. The molecule has 1 fully saturated rings. The molecule has 30 heavy (non-hydrogen) atoms. The molecule has 2 aromatic carbocycles. The van der Waals surface area contributed by atoms with Gasteiger partial charge in [0.2, 0.25) is 5.91 Å². The number of para-hydroxylation sites is 1. The van der Waals surface area contributed by atoms with Crippen LogP contribution in [0.25, 0.3) is 0 Å². The van der Waals surface area contributed by atoms with Gasteiger partial charge in [-0.2, -0.15) is 0 Å². The summed E-state index contributed by atoms with van der Waals surface area (Å²) in [5, 5.41) is 5.76. The highest BCUT2D eigenvalue weighted by molar-refractivity contribution is 6.04. The van der Waals surface area contributed by atoms with Crippen LogP contribution in [0.1, 0.15) is 55.6 Å². The van der Waals surface area contributed by atoms with Crippen LogP contribution < -0.4 is 10.6 Å². The topological polar surface area (TPSA) is 61.4 Å². The monoisotopic (exact) mass is 411 g/mol. The summed E-state index contributed by atoms with van der Waals surface area (Å²) in [6.07, 6.45) is 2.00.